The summed E-state index contributed by atoms with van der Waals surface area (Å²) in [5, 5.41) is 9.15. The fourth-order valence-electron chi connectivity index (χ4n) is 1.64. The summed E-state index contributed by atoms with van der Waals surface area (Å²) in [7, 11) is -3.64. The molecule has 2 rings (SSSR count). The smallest absolute Gasteiger partial charge is 0.281 e. The largest absolute Gasteiger partial charge is 0.508 e. The molecule has 0 atom stereocenters. The van der Waals surface area contributed by atoms with Crippen LogP contribution in [0.5, 0.6) is 5.75 Å². The minimum atomic E-state index is -3.64. The van der Waals surface area contributed by atoms with Gasteiger partial charge in [-0.05, 0) is 36.8 Å². The molecule has 0 unspecified atom stereocenters. The van der Waals surface area contributed by atoms with Crippen LogP contribution in [0, 0.1) is 6.92 Å². The van der Waals surface area contributed by atoms with Crippen molar-refractivity contribution in [3.63, 3.8) is 0 Å². The first kappa shape index (κ1) is 14.3. The zero-order valence-electron chi connectivity index (χ0n) is 11.0. The van der Waals surface area contributed by atoms with Gasteiger partial charge in [-0.1, -0.05) is 29.8 Å². The first-order valence-corrected chi connectivity index (χ1v) is 7.55. The predicted molar refractivity (Wildman–Crippen MR) is 78.7 cm³/mol. The van der Waals surface area contributed by atoms with Gasteiger partial charge in [0.1, 0.15) is 5.75 Å². The van der Waals surface area contributed by atoms with E-state index in [2.05, 4.69) is 4.40 Å². The molecule has 0 saturated carbocycles. The second-order valence-electron chi connectivity index (χ2n) is 4.45. The standard InChI is InChI=1S/C15H15NO3S/c1-12-2-8-15(9-3-12)20(18,19)16-11-10-13-4-6-14(17)7-5-13/h2-9,11,17H,10H2,1H3/b16-11+. The number of phenolic OH excluding ortho intramolecular Hbond substituents is 1. The van der Waals surface area contributed by atoms with Gasteiger partial charge in [0, 0.05) is 12.6 Å². The molecule has 0 heterocycles. The summed E-state index contributed by atoms with van der Waals surface area (Å²) >= 11 is 0. The van der Waals surface area contributed by atoms with Crippen molar-refractivity contribution in [1.29, 1.82) is 0 Å². The number of hydrogen-bond donors (Lipinski definition) is 1. The maximum atomic E-state index is 11.9. The molecule has 0 aliphatic heterocycles. The monoisotopic (exact) mass is 289 g/mol. The van der Waals surface area contributed by atoms with Crippen LogP contribution in [-0.2, 0) is 16.4 Å². The summed E-state index contributed by atoms with van der Waals surface area (Å²) in [6.07, 6.45) is 1.76. The van der Waals surface area contributed by atoms with E-state index in [1.54, 1.807) is 48.5 Å². The quantitative estimate of drug-likeness (QED) is 0.880. The van der Waals surface area contributed by atoms with Crippen molar-refractivity contribution >= 4 is 16.2 Å². The molecule has 2 aromatic rings. The Morgan fingerprint density at radius 1 is 1.05 bits per heavy atom. The Labute approximate surface area is 118 Å². The molecule has 4 nitrogen and oxygen atoms in total. The van der Waals surface area contributed by atoms with Crippen LogP contribution in [0.15, 0.2) is 57.8 Å². The molecule has 0 spiro atoms. The van der Waals surface area contributed by atoms with Gasteiger partial charge in [-0.3, -0.25) is 0 Å². The molecule has 20 heavy (non-hydrogen) atoms. The topological polar surface area (TPSA) is 66.7 Å². The SMILES string of the molecule is Cc1ccc(S(=O)(=O)/N=C/Cc2ccc(O)cc2)cc1. The third-order valence-electron chi connectivity index (χ3n) is 2.80. The van der Waals surface area contributed by atoms with E-state index in [1.165, 1.54) is 6.21 Å². The molecule has 0 fully saturated rings. The number of benzene rings is 2. The van der Waals surface area contributed by atoms with Crippen molar-refractivity contribution in [2.45, 2.75) is 18.2 Å². The van der Waals surface area contributed by atoms with Gasteiger partial charge < -0.3 is 5.11 Å². The van der Waals surface area contributed by atoms with Crippen LogP contribution in [0.4, 0.5) is 0 Å². The van der Waals surface area contributed by atoms with Gasteiger partial charge >= 0.3 is 0 Å². The van der Waals surface area contributed by atoms with Gasteiger partial charge in [0.05, 0.1) is 4.90 Å². The van der Waals surface area contributed by atoms with E-state index >= 15 is 0 Å². The lowest BCUT2D eigenvalue weighted by molar-refractivity contribution is 0.475. The fraction of sp³-hybridized carbons (Fsp3) is 0.133. The summed E-state index contributed by atoms with van der Waals surface area (Å²) in [6, 6.07) is 13.1. The van der Waals surface area contributed by atoms with Crippen molar-refractivity contribution in [1.82, 2.24) is 0 Å². The number of aromatic hydroxyl groups is 1. The van der Waals surface area contributed by atoms with Gasteiger partial charge in [-0.25, -0.2) is 0 Å². The molecule has 5 heteroatoms. The molecular formula is C15H15NO3S. The van der Waals surface area contributed by atoms with Crippen LogP contribution in [-0.4, -0.2) is 19.7 Å². The van der Waals surface area contributed by atoms with E-state index in [0.717, 1.165) is 11.1 Å². The summed E-state index contributed by atoms with van der Waals surface area (Å²) in [5.41, 5.74) is 1.88. The highest BCUT2D eigenvalue weighted by atomic mass is 32.2. The lowest BCUT2D eigenvalue weighted by Crippen LogP contribution is -1.98. The van der Waals surface area contributed by atoms with Gasteiger partial charge in [-0.2, -0.15) is 12.8 Å². The Kier molecular flexibility index (Phi) is 4.20. The van der Waals surface area contributed by atoms with Gasteiger partial charge in [-0.15, -0.1) is 0 Å². The molecule has 104 valence electrons. The summed E-state index contributed by atoms with van der Waals surface area (Å²) < 4.78 is 27.6. The predicted octanol–water partition coefficient (Wildman–Crippen LogP) is 2.70. The first-order valence-electron chi connectivity index (χ1n) is 6.11. The van der Waals surface area contributed by atoms with Crippen LogP contribution in [0.1, 0.15) is 11.1 Å². The highest BCUT2D eigenvalue weighted by Gasteiger charge is 2.10. The van der Waals surface area contributed by atoms with Crippen molar-refractivity contribution in [3.8, 4) is 5.75 Å². The number of nitrogens with zero attached hydrogens (tertiary/aromatic N) is 1. The van der Waals surface area contributed by atoms with Crippen molar-refractivity contribution < 1.29 is 13.5 Å². The van der Waals surface area contributed by atoms with Gasteiger partial charge in [0.15, 0.2) is 0 Å². The second kappa shape index (κ2) is 5.88. The highest BCUT2D eigenvalue weighted by molar-refractivity contribution is 7.90. The molecule has 1 N–H and O–H groups in total. The summed E-state index contributed by atoms with van der Waals surface area (Å²) in [6.45, 7) is 1.89. The third-order valence-corrected chi connectivity index (χ3v) is 4.09. The summed E-state index contributed by atoms with van der Waals surface area (Å²) in [4.78, 5) is 0.185. The number of aryl methyl sites for hydroxylation is 1. The van der Waals surface area contributed by atoms with Crippen molar-refractivity contribution in [2.24, 2.45) is 4.40 Å². The minimum absolute atomic E-state index is 0.179. The lowest BCUT2D eigenvalue weighted by Gasteiger charge is -1.99. The molecule has 0 aliphatic carbocycles. The first-order chi connectivity index (χ1) is 9.47. The Morgan fingerprint density at radius 2 is 1.65 bits per heavy atom. The number of phenols is 1. The molecule has 0 amide bonds. The van der Waals surface area contributed by atoms with Crippen molar-refractivity contribution in [3.05, 3.63) is 59.7 Å². The molecular weight excluding hydrogens is 274 g/mol. The second-order valence-corrected chi connectivity index (χ2v) is 6.08. The number of sulfonamides is 1. The lowest BCUT2D eigenvalue weighted by atomic mass is 10.2. The average Bonchev–Trinajstić information content (AvgIpc) is 2.41. The maximum absolute atomic E-state index is 11.9. The van der Waals surface area contributed by atoms with Crippen LogP contribution in [0.3, 0.4) is 0 Å². The van der Waals surface area contributed by atoms with E-state index in [0.29, 0.717) is 6.42 Å². The molecule has 0 saturated heterocycles. The molecule has 0 bridgehead atoms. The zero-order valence-corrected chi connectivity index (χ0v) is 11.8. The molecule has 0 radical (unpaired) electrons. The van der Waals surface area contributed by atoms with E-state index < -0.39 is 10.0 Å². The van der Waals surface area contributed by atoms with Gasteiger partial charge in [0.2, 0.25) is 0 Å². The van der Waals surface area contributed by atoms with Crippen LogP contribution in [0.2, 0.25) is 0 Å². The van der Waals surface area contributed by atoms with E-state index in [1.807, 2.05) is 6.92 Å². The highest BCUT2D eigenvalue weighted by Crippen LogP contribution is 2.13. The van der Waals surface area contributed by atoms with Crippen molar-refractivity contribution in [2.75, 3.05) is 0 Å². The average molecular weight is 289 g/mol. The van der Waals surface area contributed by atoms with Crippen LogP contribution < -0.4 is 0 Å². The number of hydrogen-bond acceptors (Lipinski definition) is 3. The van der Waals surface area contributed by atoms with E-state index in [9.17, 15) is 8.42 Å². The van der Waals surface area contributed by atoms with Gasteiger partial charge in [0.25, 0.3) is 10.0 Å². The maximum Gasteiger partial charge on any atom is 0.281 e. The fourth-order valence-corrected chi connectivity index (χ4v) is 2.52. The number of rotatable bonds is 4. The normalized spacial score (nSPS) is 11.8. The van der Waals surface area contributed by atoms with Crippen LogP contribution >= 0.6 is 0 Å². The van der Waals surface area contributed by atoms with E-state index in [-0.39, 0.29) is 10.6 Å². The zero-order chi connectivity index (χ0) is 14.6. The molecule has 0 aliphatic rings. The Hall–Kier alpha value is -2.14. The Bertz CT molecular complexity index is 702. The molecule has 2 aromatic carbocycles. The Balaban J connectivity index is 2.10. The Morgan fingerprint density at radius 3 is 2.25 bits per heavy atom. The third kappa shape index (κ3) is 3.68. The van der Waals surface area contributed by atoms with E-state index in [4.69, 9.17) is 5.11 Å². The minimum Gasteiger partial charge on any atom is -0.508 e. The molecule has 0 aromatic heterocycles. The summed E-state index contributed by atoms with van der Waals surface area (Å²) in [5.74, 6) is 0.179. The van der Waals surface area contributed by atoms with Crippen LogP contribution in [0.25, 0.3) is 0 Å².